The van der Waals surface area contributed by atoms with Crippen molar-refractivity contribution in [2.75, 3.05) is 18.4 Å². The normalized spacial score (nSPS) is 16.6. The molecule has 1 fully saturated rings. The van der Waals surface area contributed by atoms with Gasteiger partial charge in [-0.15, -0.1) is 12.4 Å². The van der Waals surface area contributed by atoms with Crippen LogP contribution in [0.3, 0.4) is 0 Å². The van der Waals surface area contributed by atoms with Crippen LogP contribution in [0, 0.1) is 11.7 Å². The molecule has 0 radical (unpaired) electrons. The Balaban J connectivity index is 0.00000225. The van der Waals surface area contributed by atoms with Gasteiger partial charge in [0.05, 0.1) is 5.92 Å². The highest BCUT2D eigenvalue weighted by molar-refractivity contribution is 5.92. The fraction of sp³-hybridized carbons (Fsp3) is 0.316. The molecule has 1 unspecified atom stereocenters. The van der Waals surface area contributed by atoms with Crippen LogP contribution < -0.4 is 15.4 Å². The Hall–Kier alpha value is -2.11. The number of carbonyl (C=O) groups is 1. The highest BCUT2D eigenvalue weighted by Gasteiger charge is 2.20. The zero-order valence-electron chi connectivity index (χ0n) is 13.8. The molecule has 1 atom stereocenters. The lowest BCUT2D eigenvalue weighted by atomic mass is 9.99. The zero-order chi connectivity index (χ0) is 16.8. The predicted molar refractivity (Wildman–Crippen MR) is 98.6 cm³/mol. The first-order valence-corrected chi connectivity index (χ1v) is 8.19. The maximum Gasteiger partial charge on any atom is 0.228 e. The van der Waals surface area contributed by atoms with Crippen molar-refractivity contribution in [3.05, 3.63) is 59.9 Å². The molecule has 0 aliphatic carbocycles. The molecule has 3 rings (SSSR count). The first-order valence-electron chi connectivity index (χ1n) is 8.19. The van der Waals surface area contributed by atoms with Crippen LogP contribution in [-0.4, -0.2) is 19.0 Å². The minimum Gasteiger partial charge on any atom is -0.489 e. The Kier molecular flexibility index (Phi) is 7.22. The third-order valence-corrected chi connectivity index (χ3v) is 4.06. The number of hydrogen-bond acceptors (Lipinski definition) is 3. The summed E-state index contributed by atoms with van der Waals surface area (Å²) >= 11 is 0. The van der Waals surface area contributed by atoms with E-state index in [1.807, 2.05) is 24.3 Å². The molecule has 2 aromatic rings. The van der Waals surface area contributed by atoms with Crippen LogP contribution in [-0.2, 0) is 11.4 Å². The number of anilines is 1. The Morgan fingerprint density at radius 1 is 1.24 bits per heavy atom. The topological polar surface area (TPSA) is 50.4 Å². The van der Waals surface area contributed by atoms with E-state index in [1.165, 1.54) is 12.1 Å². The molecule has 134 valence electrons. The lowest BCUT2D eigenvalue weighted by molar-refractivity contribution is -0.120. The van der Waals surface area contributed by atoms with Gasteiger partial charge in [-0.05, 0) is 49.2 Å². The summed E-state index contributed by atoms with van der Waals surface area (Å²) in [7, 11) is 0. The molecular formula is C19H22ClFN2O2. The van der Waals surface area contributed by atoms with Crippen molar-refractivity contribution in [1.82, 2.24) is 5.32 Å². The van der Waals surface area contributed by atoms with Crippen molar-refractivity contribution in [3.63, 3.8) is 0 Å². The van der Waals surface area contributed by atoms with Crippen LogP contribution in [0.15, 0.2) is 48.5 Å². The van der Waals surface area contributed by atoms with Crippen molar-refractivity contribution < 1.29 is 13.9 Å². The van der Waals surface area contributed by atoms with Gasteiger partial charge in [-0.3, -0.25) is 4.79 Å². The standard InChI is InChI=1S/C19H21FN2O2.ClH/c20-16-6-2-8-18(11-16)24-13-14-4-1-7-17(10-14)22-19(23)15-5-3-9-21-12-15;/h1-2,4,6-8,10-11,15,21H,3,5,9,12-13H2,(H,22,23);1H. The molecule has 1 saturated heterocycles. The monoisotopic (exact) mass is 364 g/mol. The van der Waals surface area contributed by atoms with Gasteiger partial charge in [0.15, 0.2) is 0 Å². The van der Waals surface area contributed by atoms with Crippen molar-refractivity contribution in [2.24, 2.45) is 5.92 Å². The summed E-state index contributed by atoms with van der Waals surface area (Å²) in [4.78, 5) is 12.3. The second kappa shape index (κ2) is 9.39. The van der Waals surface area contributed by atoms with Crippen molar-refractivity contribution in [1.29, 1.82) is 0 Å². The molecule has 1 aliphatic heterocycles. The Morgan fingerprint density at radius 3 is 2.84 bits per heavy atom. The third-order valence-electron chi connectivity index (χ3n) is 4.06. The average Bonchev–Trinajstić information content (AvgIpc) is 2.61. The molecule has 1 heterocycles. The number of halogens is 2. The first-order chi connectivity index (χ1) is 11.7. The van der Waals surface area contributed by atoms with E-state index in [-0.39, 0.29) is 30.0 Å². The minimum atomic E-state index is -0.324. The smallest absolute Gasteiger partial charge is 0.228 e. The Bertz CT molecular complexity index is 705. The predicted octanol–water partition coefficient (Wildman–Crippen LogP) is 3.76. The summed E-state index contributed by atoms with van der Waals surface area (Å²) in [5.41, 5.74) is 1.67. The summed E-state index contributed by atoms with van der Waals surface area (Å²) in [5.74, 6) is 0.226. The number of amides is 1. The van der Waals surface area contributed by atoms with E-state index in [0.29, 0.717) is 12.4 Å². The van der Waals surface area contributed by atoms with Crippen molar-refractivity contribution >= 4 is 24.0 Å². The number of rotatable bonds is 5. The maximum absolute atomic E-state index is 13.1. The second-order valence-corrected chi connectivity index (χ2v) is 5.98. The lowest BCUT2D eigenvalue weighted by Gasteiger charge is -2.22. The molecule has 1 aliphatic rings. The second-order valence-electron chi connectivity index (χ2n) is 5.98. The largest absolute Gasteiger partial charge is 0.489 e. The van der Waals surface area contributed by atoms with E-state index in [0.717, 1.165) is 37.2 Å². The van der Waals surface area contributed by atoms with E-state index in [9.17, 15) is 9.18 Å². The maximum atomic E-state index is 13.1. The van der Waals surface area contributed by atoms with Crippen LogP contribution in [0.25, 0.3) is 0 Å². The van der Waals surface area contributed by atoms with Crippen molar-refractivity contribution in [2.45, 2.75) is 19.4 Å². The number of nitrogens with one attached hydrogen (secondary N) is 2. The van der Waals surface area contributed by atoms with E-state index in [4.69, 9.17) is 4.74 Å². The summed E-state index contributed by atoms with van der Waals surface area (Å²) in [6, 6.07) is 13.6. The summed E-state index contributed by atoms with van der Waals surface area (Å²) < 4.78 is 18.7. The molecule has 0 bridgehead atoms. The molecule has 0 saturated carbocycles. The lowest BCUT2D eigenvalue weighted by Crippen LogP contribution is -2.37. The SMILES string of the molecule is Cl.O=C(Nc1cccc(COc2cccc(F)c2)c1)C1CCCNC1. The van der Waals surface area contributed by atoms with Crippen LogP contribution in [0.5, 0.6) is 5.75 Å². The summed E-state index contributed by atoms with van der Waals surface area (Å²) in [6.07, 6.45) is 1.95. The van der Waals surface area contributed by atoms with Gasteiger partial charge in [-0.2, -0.15) is 0 Å². The third kappa shape index (κ3) is 5.73. The Labute approximate surface area is 153 Å². The molecule has 0 spiro atoms. The highest BCUT2D eigenvalue weighted by atomic mass is 35.5. The number of ether oxygens (including phenoxy) is 1. The molecule has 0 aromatic heterocycles. The number of piperidine rings is 1. The minimum absolute atomic E-state index is 0. The number of hydrogen-bond donors (Lipinski definition) is 2. The van der Waals surface area contributed by atoms with Gasteiger partial charge < -0.3 is 15.4 Å². The molecule has 2 aromatic carbocycles. The number of benzene rings is 2. The van der Waals surface area contributed by atoms with E-state index < -0.39 is 0 Å². The van der Waals surface area contributed by atoms with Gasteiger partial charge in [-0.25, -0.2) is 4.39 Å². The van der Waals surface area contributed by atoms with E-state index >= 15 is 0 Å². The van der Waals surface area contributed by atoms with Crippen LogP contribution >= 0.6 is 12.4 Å². The van der Waals surface area contributed by atoms with Gasteiger partial charge >= 0.3 is 0 Å². The molecular weight excluding hydrogens is 343 g/mol. The highest BCUT2D eigenvalue weighted by Crippen LogP contribution is 2.18. The Morgan fingerprint density at radius 2 is 2.08 bits per heavy atom. The van der Waals surface area contributed by atoms with E-state index in [1.54, 1.807) is 12.1 Å². The van der Waals surface area contributed by atoms with Crippen LogP contribution in [0.4, 0.5) is 10.1 Å². The van der Waals surface area contributed by atoms with Crippen LogP contribution in [0.1, 0.15) is 18.4 Å². The van der Waals surface area contributed by atoms with E-state index in [2.05, 4.69) is 10.6 Å². The quantitative estimate of drug-likeness (QED) is 0.849. The molecule has 1 amide bonds. The molecule has 4 nitrogen and oxygen atoms in total. The zero-order valence-corrected chi connectivity index (χ0v) is 14.7. The molecule has 2 N–H and O–H groups in total. The first kappa shape index (κ1) is 19.2. The van der Waals surface area contributed by atoms with Gasteiger partial charge in [-0.1, -0.05) is 18.2 Å². The summed E-state index contributed by atoms with van der Waals surface area (Å²) in [5, 5.41) is 6.21. The van der Waals surface area contributed by atoms with Gasteiger partial charge in [0.2, 0.25) is 5.91 Å². The fourth-order valence-electron chi connectivity index (χ4n) is 2.78. The number of carbonyl (C=O) groups excluding carboxylic acids is 1. The van der Waals surface area contributed by atoms with Gasteiger partial charge in [0, 0.05) is 18.3 Å². The van der Waals surface area contributed by atoms with Gasteiger partial charge in [0.25, 0.3) is 0 Å². The van der Waals surface area contributed by atoms with Crippen molar-refractivity contribution in [3.8, 4) is 5.75 Å². The fourth-order valence-corrected chi connectivity index (χ4v) is 2.78. The van der Waals surface area contributed by atoms with Crippen LogP contribution in [0.2, 0.25) is 0 Å². The molecule has 25 heavy (non-hydrogen) atoms. The molecule has 6 heteroatoms. The average molecular weight is 365 g/mol. The summed E-state index contributed by atoms with van der Waals surface area (Å²) in [6.45, 7) is 2.03. The van der Waals surface area contributed by atoms with Gasteiger partial charge in [0.1, 0.15) is 18.2 Å².